The van der Waals surface area contributed by atoms with Crippen molar-refractivity contribution in [1.82, 2.24) is 19.9 Å². The van der Waals surface area contributed by atoms with Crippen LogP contribution in [0.3, 0.4) is 0 Å². The summed E-state index contributed by atoms with van der Waals surface area (Å²) < 4.78 is 34.3. The Labute approximate surface area is 217 Å². The average molecular weight is 549 g/mol. The standard InChI is InChI=1S/C23H22Cl2N6O4S/c1-35-11-3-10-27-23(32)17-13-29-31-21(26)16(12-28-22(17)31)14-6-8-15(9-7-14)30-36(33,34)19-5-2-4-18(24)20(19)25/h2,4-9,12-13,30H,3,10-11,26H2,1H3,(H,27,32). The van der Waals surface area contributed by atoms with Crippen LogP contribution in [0.15, 0.2) is 59.8 Å². The molecule has 2 heterocycles. The zero-order chi connectivity index (χ0) is 25.9. The van der Waals surface area contributed by atoms with Gasteiger partial charge in [0.1, 0.15) is 16.3 Å². The first-order valence-corrected chi connectivity index (χ1v) is 12.9. The number of hydrogen-bond donors (Lipinski definition) is 3. The second-order valence-electron chi connectivity index (χ2n) is 7.69. The van der Waals surface area contributed by atoms with Gasteiger partial charge < -0.3 is 15.8 Å². The number of methoxy groups -OCH3 is 1. The average Bonchev–Trinajstić information content (AvgIpc) is 3.29. The number of fused-ring (bicyclic) bond motifs is 1. The van der Waals surface area contributed by atoms with E-state index >= 15 is 0 Å². The predicted octanol–water partition coefficient (Wildman–Crippen LogP) is 3.85. The number of carbonyl (C=O) groups excluding carboxylic acids is 1. The number of amides is 1. The van der Waals surface area contributed by atoms with Gasteiger partial charge in [-0.2, -0.15) is 9.61 Å². The Morgan fingerprint density at radius 1 is 1.14 bits per heavy atom. The van der Waals surface area contributed by atoms with Gasteiger partial charge in [-0.05, 0) is 36.2 Å². The second kappa shape index (κ2) is 10.7. The van der Waals surface area contributed by atoms with Crippen molar-refractivity contribution in [3.05, 3.63) is 70.5 Å². The molecule has 0 aliphatic rings. The largest absolute Gasteiger partial charge is 0.385 e. The lowest BCUT2D eigenvalue weighted by Crippen LogP contribution is -2.25. The number of sulfonamides is 1. The van der Waals surface area contributed by atoms with Crippen molar-refractivity contribution < 1.29 is 17.9 Å². The lowest BCUT2D eigenvalue weighted by molar-refractivity contribution is 0.0950. The molecule has 0 aliphatic carbocycles. The third kappa shape index (κ3) is 5.24. The van der Waals surface area contributed by atoms with Gasteiger partial charge in [0.15, 0.2) is 5.65 Å². The molecule has 0 atom stereocenters. The number of nitrogen functional groups attached to an aromatic ring is 1. The number of hydrogen-bond acceptors (Lipinski definition) is 7. The molecule has 0 saturated heterocycles. The van der Waals surface area contributed by atoms with E-state index in [0.717, 1.165) is 0 Å². The van der Waals surface area contributed by atoms with Crippen molar-refractivity contribution in [2.24, 2.45) is 0 Å². The van der Waals surface area contributed by atoms with Crippen LogP contribution in [0, 0.1) is 0 Å². The Kier molecular flexibility index (Phi) is 7.65. The Morgan fingerprint density at radius 2 is 1.89 bits per heavy atom. The zero-order valence-electron chi connectivity index (χ0n) is 19.0. The van der Waals surface area contributed by atoms with E-state index in [2.05, 4.69) is 20.1 Å². The van der Waals surface area contributed by atoms with Gasteiger partial charge in [-0.15, -0.1) is 0 Å². The van der Waals surface area contributed by atoms with Crippen LogP contribution in [-0.2, 0) is 14.8 Å². The molecule has 36 heavy (non-hydrogen) atoms. The predicted molar refractivity (Wildman–Crippen MR) is 139 cm³/mol. The molecule has 0 fully saturated rings. The van der Waals surface area contributed by atoms with E-state index < -0.39 is 10.0 Å². The van der Waals surface area contributed by atoms with Crippen LogP contribution in [0.4, 0.5) is 11.5 Å². The van der Waals surface area contributed by atoms with Gasteiger partial charge in [0.05, 0.1) is 16.2 Å². The first kappa shape index (κ1) is 25.7. The van der Waals surface area contributed by atoms with Gasteiger partial charge in [-0.3, -0.25) is 9.52 Å². The number of benzene rings is 2. The van der Waals surface area contributed by atoms with Crippen LogP contribution < -0.4 is 15.8 Å². The topological polar surface area (TPSA) is 141 Å². The highest BCUT2D eigenvalue weighted by molar-refractivity contribution is 7.92. The maximum Gasteiger partial charge on any atom is 0.263 e. The van der Waals surface area contributed by atoms with E-state index in [1.807, 2.05) is 0 Å². The van der Waals surface area contributed by atoms with Gasteiger partial charge in [0.2, 0.25) is 0 Å². The van der Waals surface area contributed by atoms with Gasteiger partial charge in [0, 0.05) is 37.7 Å². The number of carbonyl (C=O) groups is 1. The number of anilines is 2. The minimum absolute atomic E-state index is 0.0577. The third-order valence-electron chi connectivity index (χ3n) is 5.27. The summed E-state index contributed by atoms with van der Waals surface area (Å²) in [5.74, 6) is -0.0327. The molecule has 4 N–H and O–H groups in total. The highest BCUT2D eigenvalue weighted by Crippen LogP contribution is 2.31. The van der Waals surface area contributed by atoms with Crippen molar-refractivity contribution in [1.29, 1.82) is 0 Å². The van der Waals surface area contributed by atoms with E-state index in [1.54, 1.807) is 37.6 Å². The minimum atomic E-state index is -3.96. The number of halogens is 2. The number of ether oxygens (including phenoxy) is 1. The third-order valence-corrected chi connectivity index (χ3v) is 7.63. The molecule has 0 spiro atoms. The molecule has 188 valence electrons. The molecule has 10 nitrogen and oxygen atoms in total. The molecule has 4 rings (SSSR count). The van der Waals surface area contributed by atoms with Crippen molar-refractivity contribution >= 4 is 56.3 Å². The van der Waals surface area contributed by atoms with Crippen molar-refractivity contribution in [2.45, 2.75) is 11.3 Å². The smallest absolute Gasteiger partial charge is 0.263 e. The highest BCUT2D eigenvalue weighted by atomic mass is 35.5. The first-order valence-electron chi connectivity index (χ1n) is 10.7. The molecule has 1 amide bonds. The lowest BCUT2D eigenvalue weighted by Gasteiger charge is -2.12. The van der Waals surface area contributed by atoms with Crippen molar-refractivity contribution in [3.8, 4) is 11.1 Å². The molecule has 0 aliphatic heterocycles. The number of nitrogens with one attached hydrogen (secondary N) is 2. The van der Waals surface area contributed by atoms with E-state index in [0.29, 0.717) is 47.6 Å². The molecule has 4 aromatic rings. The van der Waals surface area contributed by atoms with E-state index in [4.69, 9.17) is 33.7 Å². The summed E-state index contributed by atoms with van der Waals surface area (Å²) in [6.07, 6.45) is 3.63. The van der Waals surface area contributed by atoms with Gasteiger partial charge in [-0.25, -0.2) is 13.4 Å². The van der Waals surface area contributed by atoms with Gasteiger partial charge >= 0.3 is 0 Å². The van der Waals surface area contributed by atoms with Crippen LogP contribution in [-0.4, -0.2) is 49.2 Å². The summed E-state index contributed by atoms with van der Waals surface area (Å²) in [5, 5.41) is 7.09. The van der Waals surface area contributed by atoms with Crippen LogP contribution in [0.2, 0.25) is 10.0 Å². The van der Waals surface area contributed by atoms with E-state index in [-0.39, 0.29) is 26.7 Å². The normalized spacial score (nSPS) is 11.5. The van der Waals surface area contributed by atoms with Crippen LogP contribution in [0.25, 0.3) is 16.8 Å². The lowest BCUT2D eigenvalue weighted by atomic mass is 10.1. The second-order valence-corrected chi connectivity index (χ2v) is 10.1. The van der Waals surface area contributed by atoms with Crippen LogP contribution in [0.5, 0.6) is 0 Å². The van der Waals surface area contributed by atoms with Crippen molar-refractivity contribution in [2.75, 3.05) is 30.7 Å². The molecule has 0 radical (unpaired) electrons. The molecule has 0 saturated carbocycles. The van der Waals surface area contributed by atoms with Crippen LogP contribution in [0.1, 0.15) is 16.8 Å². The summed E-state index contributed by atoms with van der Waals surface area (Å²) in [4.78, 5) is 16.7. The molecule has 0 bridgehead atoms. The maximum atomic E-state index is 12.8. The molecule has 2 aromatic heterocycles. The summed E-state index contributed by atoms with van der Waals surface area (Å²) in [5.41, 5.74) is 8.49. The molecule has 0 unspecified atom stereocenters. The van der Waals surface area contributed by atoms with E-state index in [9.17, 15) is 13.2 Å². The van der Waals surface area contributed by atoms with Crippen LogP contribution >= 0.6 is 23.2 Å². The molecule has 13 heteroatoms. The van der Waals surface area contributed by atoms with E-state index in [1.165, 1.54) is 28.9 Å². The summed E-state index contributed by atoms with van der Waals surface area (Å²) in [6.45, 7) is 0.995. The first-order chi connectivity index (χ1) is 17.2. The Bertz CT molecular complexity index is 1520. The quantitative estimate of drug-likeness (QED) is 0.269. The Balaban J connectivity index is 1.55. The SMILES string of the molecule is COCCCNC(=O)c1cnn2c(N)c(-c3ccc(NS(=O)(=O)c4cccc(Cl)c4Cl)cc3)cnc12. The number of nitrogens with two attached hydrogens (primary N) is 1. The highest BCUT2D eigenvalue weighted by Gasteiger charge is 2.20. The maximum absolute atomic E-state index is 12.8. The molecular weight excluding hydrogens is 527 g/mol. The Hall–Kier alpha value is -3.38. The fourth-order valence-corrected chi connectivity index (χ4v) is 5.29. The Morgan fingerprint density at radius 3 is 2.61 bits per heavy atom. The summed E-state index contributed by atoms with van der Waals surface area (Å²) >= 11 is 12.0. The zero-order valence-corrected chi connectivity index (χ0v) is 21.4. The monoisotopic (exact) mass is 548 g/mol. The molecular formula is C23H22Cl2N6O4S. The summed E-state index contributed by atoms with van der Waals surface area (Å²) in [6, 6.07) is 10.9. The fourth-order valence-electron chi connectivity index (χ4n) is 3.46. The number of nitrogens with zero attached hydrogens (tertiary/aromatic N) is 3. The van der Waals surface area contributed by atoms with Gasteiger partial charge in [0.25, 0.3) is 15.9 Å². The van der Waals surface area contributed by atoms with Gasteiger partial charge in [-0.1, -0.05) is 41.4 Å². The van der Waals surface area contributed by atoms with Crippen molar-refractivity contribution in [3.63, 3.8) is 0 Å². The molecule has 2 aromatic carbocycles. The minimum Gasteiger partial charge on any atom is -0.385 e. The summed E-state index contributed by atoms with van der Waals surface area (Å²) in [7, 11) is -2.36. The fraction of sp³-hybridized carbons (Fsp3) is 0.174. The number of rotatable bonds is 9. The number of aromatic nitrogens is 3.